The van der Waals surface area contributed by atoms with Crippen LogP contribution in [-0.4, -0.2) is 55.0 Å². The maximum atomic E-state index is 6.68. The predicted octanol–water partition coefficient (Wildman–Crippen LogP) is 6.61. The summed E-state index contributed by atoms with van der Waals surface area (Å²) in [7, 11) is -8.36. The molecule has 4 nitrogen and oxygen atoms in total. The molecule has 164 valence electrons. The molecule has 0 saturated heterocycles. The van der Waals surface area contributed by atoms with Gasteiger partial charge in [-0.3, -0.25) is 0 Å². The molecule has 0 atom stereocenters. The Morgan fingerprint density at radius 3 is 1.04 bits per heavy atom. The molecule has 0 heterocycles. The average molecular weight is 469 g/mol. The van der Waals surface area contributed by atoms with Crippen molar-refractivity contribution in [1.82, 2.24) is 0 Å². The number of hydrogen-bond acceptors (Lipinski definition) is 4. The minimum absolute atomic E-state index is 0.871. The second-order valence-electron chi connectivity index (χ2n) is 11.3. The minimum Gasteiger partial charge on any atom is -0.437 e. The average Bonchev–Trinajstić information content (AvgIpc) is 2.35. The van der Waals surface area contributed by atoms with Crippen LogP contribution in [0.5, 0.6) is 0 Å². The summed E-state index contributed by atoms with van der Waals surface area (Å²) in [6.45, 7) is 29.0. The monoisotopic (exact) mass is 468 g/mol. The maximum absolute atomic E-state index is 6.68. The van der Waals surface area contributed by atoms with Crippen LogP contribution in [0.1, 0.15) is 12.8 Å². The van der Waals surface area contributed by atoms with Crippen LogP contribution in [0, 0.1) is 0 Å². The molecule has 0 aliphatic carbocycles. The molecule has 0 aromatic carbocycles. The quantitative estimate of drug-likeness (QED) is 0.212. The molecule has 0 spiro atoms. The minimum atomic E-state index is -2.11. The Bertz CT molecular complexity index is 390. The molecule has 0 amide bonds. The molecule has 0 N–H and O–H groups in total. The van der Waals surface area contributed by atoms with E-state index < -0.39 is 41.8 Å². The summed E-state index contributed by atoms with van der Waals surface area (Å²) in [5.41, 5.74) is 0. The van der Waals surface area contributed by atoms with Gasteiger partial charge in [-0.1, -0.05) is 0 Å². The lowest BCUT2D eigenvalue weighted by Gasteiger charge is -2.39. The van der Waals surface area contributed by atoms with Crippen LogP contribution in [0.15, 0.2) is 0 Å². The summed E-state index contributed by atoms with van der Waals surface area (Å²) in [6.07, 6.45) is 2.20. The Balaban J connectivity index is 4.40. The Morgan fingerprint density at radius 2 is 0.778 bits per heavy atom. The molecular weight excluding hydrogens is 421 g/mol. The van der Waals surface area contributed by atoms with Gasteiger partial charge in [-0.2, -0.15) is 0 Å². The Kier molecular flexibility index (Phi) is 11.2. The zero-order chi connectivity index (χ0) is 21.6. The first-order valence-corrected chi connectivity index (χ1v) is 26.4. The van der Waals surface area contributed by atoms with Gasteiger partial charge in [0.2, 0.25) is 0 Å². The van der Waals surface area contributed by atoms with Gasteiger partial charge in [0.25, 0.3) is 0 Å². The SMILES string of the molecule is C[Si](C)(C)OCCC[Si](C)(C)O[Si](C)(C)O[Si](C)(C)CCCO[Si](C)(C)C. The van der Waals surface area contributed by atoms with Gasteiger partial charge in [-0.25, -0.2) is 0 Å². The van der Waals surface area contributed by atoms with Crippen molar-refractivity contribution in [1.29, 1.82) is 0 Å². The van der Waals surface area contributed by atoms with Gasteiger partial charge in [0, 0.05) is 13.2 Å². The van der Waals surface area contributed by atoms with Crippen LogP contribution >= 0.6 is 0 Å². The van der Waals surface area contributed by atoms with E-state index in [1.165, 1.54) is 0 Å². The highest BCUT2D eigenvalue weighted by atomic mass is 28.5. The molecule has 0 aromatic heterocycles. The molecular formula is C18H48O4Si5. The zero-order valence-electron chi connectivity index (χ0n) is 20.4. The van der Waals surface area contributed by atoms with Crippen molar-refractivity contribution >= 4 is 41.8 Å². The Morgan fingerprint density at radius 1 is 0.481 bits per heavy atom. The van der Waals surface area contributed by atoms with Crippen molar-refractivity contribution in [2.45, 2.75) is 103 Å². The van der Waals surface area contributed by atoms with Gasteiger partial charge < -0.3 is 17.1 Å². The number of rotatable bonds is 14. The largest absolute Gasteiger partial charge is 0.437 e. The standard InChI is InChI=1S/C18H48O4Si5/c1-23(2,3)19-15-13-17-25(7,8)21-27(11,12)22-26(9,10)18-14-16-20-24(4,5)6/h13-18H2,1-12H3. The zero-order valence-corrected chi connectivity index (χ0v) is 25.4. The third-order valence-corrected chi connectivity index (χ3v) is 17.6. The predicted molar refractivity (Wildman–Crippen MR) is 132 cm³/mol. The van der Waals surface area contributed by atoms with Gasteiger partial charge in [0.05, 0.1) is 0 Å². The van der Waals surface area contributed by atoms with Crippen LogP contribution in [-0.2, 0) is 17.1 Å². The molecule has 0 unspecified atom stereocenters. The van der Waals surface area contributed by atoms with E-state index in [9.17, 15) is 0 Å². The highest BCUT2D eigenvalue weighted by Gasteiger charge is 2.39. The molecule has 27 heavy (non-hydrogen) atoms. The van der Waals surface area contributed by atoms with Crippen LogP contribution in [0.3, 0.4) is 0 Å². The molecule has 0 aliphatic heterocycles. The van der Waals surface area contributed by atoms with Crippen molar-refractivity contribution in [3.8, 4) is 0 Å². The van der Waals surface area contributed by atoms with E-state index in [1.54, 1.807) is 0 Å². The van der Waals surface area contributed by atoms with Gasteiger partial charge >= 0.3 is 8.56 Å². The summed E-state index contributed by atoms with van der Waals surface area (Å²) < 4.78 is 25.3. The van der Waals surface area contributed by atoms with E-state index in [-0.39, 0.29) is 0 Å². The third-order valence-electron chi connectivity index (χ3n) is 3.96. The topological polar surface area (TPSA) is 36.9 Å². The lowest BCUT2D eigenvalue weighted by Crippen LogP contribution is -2.52. The second-order valence-corrected chi connectivity index (χ2v) is 32.8. The van der Waals surface area contributed by atoms with Gasteiger partial charge in [0.15, 0.2) is 33.3 Å². The maximum Gasteiger partial charge on any atom is 0.311 e. The molecule has 0 bridgehead atoms. The smallest absolute Gasteiger partial charge is 0.311 e. The highest BCUT2D eigenvalue weighted by molar-refractivity contribution is 6.87. The fourth-order valence-corrected chi connectivity index (χ4v) is 18.7. The lowest BCUT2D eigenvalue weighted by atomic mass is 10.5. The third kappa shape index (κ3) is 17.5. The van der Waals surface area contributed by atoms with Crippen molar-refractivity contribution < 1.29 is 17.1 Å². The second kappa shape index (κ2) is 10.8. The van der Waals surface area contributed by atoms with Crippen LogP contribution < -0.4 is 0 Å². The molecule has 0 rings (SSSR count). The molecule has 0 radical (unpaired) electrons. The van der Waals surface area contributed by atoms with Gasteiger partial charge in [-0.15, -0.1) is 0 Å². The fraction of sp³-hybridized carbons (Fsp3) is 1.00. The highest BCUT2D eigenvalue weighted by Crippen LogP contribution is 2.26. The first-order valence-electron chi connectivity index (χ1n) is 10.5. The normalized spacial score (nSPS) is 14.7. The molecule has 0 fully saturated rings. The summed E-state index contributed by atoms with van der Waals surface area (Å²) in [4.78, 5) is 0. The summed E-state index contributed by atoms with van der Waals surface area (Å²) in [6, 6.07) is 2.28. The summed E-state index contributed by atoms with van der Waals surface area (Å²) in [5.74, 6) is 0. The molecule has 0 aromatic rings. The van der Waals surface area contributed by atoms with Crippen molar-refractivity contribution in [2.24, 2.45) is 0 Å². The van der Waals surface area contributed by atoms with E-state index in [0.29, 0.717) is 0 Å². The fourth-order valence-electron chi connectivity index (χ4n) is 3.21. The van der Waals surface area contributed by atoms with Crippen molar-refractivity contribution in [3.63, 3.8) is 0 Å². The molecule has 0 aliphatic rings. The van der Waals surface area contributed by atoms with E-state index in [2.05, 4.69) is 78.6 Å². The van der Waals surface area contributed by atoms with E-state index in [1.807, 2.05) is 0 Å². The first kappa shape index (κ1) is 27.9. The number of hydrogen-bond donors (Lipinski definition) is 0. The van der Waals surface area contributed by atoms with E-state index >= 15 is 0 Å². The van der Waals surface area contributed by atoms with Crippen LogP contribution in [0.25, 0.3) is 0 Å². The lowest BCUT2D eigenvalue weighted by molar-refractivity contribution is 0.304. The Hall–Kier alpha value is 0.924. The van der Waals surface area contributed by atoms with E-state index in [0.717, 1.165) is 38.1 Å². The summed E-state index contributed by atoms with van der Waals surface area (Å²) in [5, 5.41) is 0. The molecule has 0 saturated carbocycles. The first-order chi connectivity index (χ1) is 11.8. The van der Waals surface area contributed by atoms with Crippen LogP contribution in [0.2, 0.25) is 90.7 Å². The van der Waals surface area contributed by atoms with E-state index in [4.69, 9.17) is 17.1 Å². The molecule has 9 heteroatoms. The van der Waals surface area contributed by atoms with Crippen molar-refractivity contribution in [2.75, 3.05) is 13.2 Å². The van der Waals surface area contributed by atoms with Crippen LogP contribution in [0.4, 0.5) is 0 Å². The Labute approximate surface area is 175 Å². The summed E-state index contributed by atoms with van der Waals surface area (Å²) >= 11 is 0. The van der Waals surface area contributed by atoms with Crippen molar-refractivity contribution in [3.05, 3.63) is 0 Å². The van der Waals surface area contributed by atoms with Gasteiger partial charge in [0.1, 0.15) is 0 Å². The van der Waals surface area contributed by atoms with Gasteiger partial charge in [-0.05, 0) is 103 Å².